The molecule has 0 heterocycles. The summed E-state index contributed by atoms with van der Waals surface area (Å²) in [6.07, 6.45) is 0.815. The van der Waals surface area contributed by atoms with Gasteiger partial charge in [-0.3, -0.25) is 4.79 Å². The van der Waals surface area contributed by atoms with Crippen molar-refractivity contribution in [3.63, 3.8) is 0 Å². The molecule has 0 unspecified atom stereocenters. The van der Waals surface area contributed by atoms with Crippen LogP contribution in [0.2, 0.25) is 10.0 Å². The molecule has 0 spiro atoms. The van der Waals surface area contributed by atoms with Gasteiger partial charge in [-0.1, -0.05) is 41.4 Å². The molecular weight excluding hydrogens is 281 g/mol. The Balaban J connectivity index is 2.30. The highest BCUT2D eigenvalue weighted by molar-refractivity contribution is 6.34. The SMILES string of the molecule is CN(Cc1cccc(Cl)c1)c1c(Cl)cccc1C=O. The van der Waals surface area contributed by atoms with Crippen molar-refractivity contribution in [2.24, 2.45) is 0 Å². The van der Waals surface area contributed by atoms with Gasteiger partial charge in [0.2, 0.25) is 0 Å². The Morgan fingerprint density at radius 3 is 2.58 bits per heavy atom. The van der Waals surface area contributed by atoms with Crippen molar-refractivity contribution >= 4 is 35.2 Å². The van der Waals surface area contributed by atoms with Crippen molar-refractivity contribution in [1.29, 1.82) is 0 Å². The second-order valence-electron chi connectivity index (χ2n) is 4.28. The highest BCUT2D eigenvalue weighted by atomic mass is 35.5. The summed E-state index contributed by atoms with van der Waals surface area (Å²) in [6, 6.07) is 12.9. The first kappa shape index (κ1) is 13.9. The lowest BCUT2D eigenvalue weighted by Gasteiger charge is -2.22. The van der Waals surface area contributed by atoms with Crippen molar-refractivity contribution in [1.82, 2.24) is 0 Å². The van der Waals surface area contributed by atoms with Gasteiger partial charge in [0.05, 0.1) is 10.7 Å². The van der Waals surface area contributed by atoms with Crippen LogP contribution in [0.3, 0.4) is 0 Å². The molecule has 0 fully saturated rings. The predicted octanol–water partition coefficient (Wildman–Crippen LogP) is 4.44. The van der Waals surface area contributed by atoms with E-state index in [1.165, 1.54) is 0 Å². The third-order valence-electron chi connectivity index (χ3n) is 2.84. The molecule has 0 N–H and O–H groups in total. The fraction of sp³-hybridized carbons (Fsp3) is 0.133. The summed E-state index contributed by atoms with van der Waals surface area (Å²) in [7, 11) is 1.90. The average Bonchev–Trinajstić information content (AvgIpc) is 2.38. The van der Waals surface area contributed by atoms with E-state index in [4.69, 9.17) is 23.2 Å². The minimum Gasteiger partial charge on any atom is -0.368 e. The Kier molecular flexibility index (Phi) is 4.46. The minimum atomic E-state index is 0.564. The van der Waals surface area contributed by atoms with Crippen LogP contribution in [0.1, 0.15) is 15.9 Å². The fourth-order valence-electron chi connectivity index (χ4n) is 2.02. The van der Waals surface area contributed by atoms with Crippen molar-refractivity contribution in [3.8, 4) is 0 Å². The molecule has 0 aliphatic rings. The largest absolute Gasteiger partial charge is 0.368 e. The zero-order valence-electron chi connectivity index (χ0n) is 10.4. The summed E-state index contributed by atoms with van der Waals surface area (Å²) in [5.74, 6) is 0. The average molecular weight is 294 g/mol. The van der Waals surface area contributed by atoms with E-state index in [-0.39, 0.29) is 0 Å². The summed E-state index contributed by atoms with van der Waals surface area (Å²) in [5, 5.41) is 1.26. The van der Waals surface area contributed by atoms with Gasteiger partial charge < -0.3 is 4.90 Å². The van der Waals surface area contributed by atoms with Crippen molar-refractivity contribution in [2.45, 2.75) is 6.54 Å². The number of carbonyl (C=O) groups excluding carboxylic acids is 1. The summed E-state index contributed by atoms with van der Waals surface area (Å²) < 4.78 is 0. The topological polar surface area (TPSA) is 20.3 Å². The summed E-state index contributed by atoms with van der Waals surface area (Å²) in [4.78, 5) is 13.0. The Morgan fingerprint density at radius 2 is 1.89 bits per heavy atom. The second-order valence-corrected chi connectivity index (χ2v) is 5.13. The van der Waals surface area contributed by atoms with E-state index in [2.05, 4.69) is 0 Å². The Hall–Kier alpha value is -1.51. The van der Waals surface area contributed by atoms with Gasteiger partial charge in [0.25, 0.3) is 0 Å². The molecule has 0 aromatic heterocycles. The van der Waals surface area contributed by atoms with Crippen LogP contribution in [-0.2, 0) is 6.54 Å². The molecule has 2 aromatic carbocycles. The molecule has 4 heteroatoms. The molecule has 0 radical (unpaired) electrons. The molecule has 0 saturated carbocycles. The number of para-hydroxylation sites is 1. The van der Waals surface area contributed by atoms with Gasteiger partial charge in [0.15, 0.2) is 6.29 Å². The minimum absolute atomic E-state index is 0.564. The molecule has 98 valence electrons. The molecule has 0 aliphatic carbocycles. The lowest BCUT2D eigenvalue weighted by atomic mass is 10.1. The summed E-state index contributed by atoms with van der Waals surface area (Å²) in [5.41, 5.74) is 2.38. The molecule has 0 aliphatic heterocycles. The van der Waals surface area contributed by atoms with Gasteiger partial charge in [-0.2, -0.15) is 0 Å². The molecule has 0 saturated heterocycles. The standard InChI is InChI=1S/C15H13Cl2NO/c1-18(9-11-4-2-6-13(16)8-11)15-12(10-19)5-3-7-14(15)17/h2-8,10H,9H2,1H3. The van der Waals surface area contributed by atoms with Gasteiger partial charge in [0.1, 0.15) is 0 Å². The first-order valence-corrected chi connectivity index (χ1v) is 6.56. The van der Waals surface area contributed by atoms with E-state index < -0.39 is 0 Å². The molecule has 19 heavy (non-hydrogen) atoms. The van der Waals surface area contributed by atoms with Crippen LogP contribution in [-0.4, -0.2) is 13.3 Å². The Bertz CT molecular complexity index is 598. The van der Waals surface area contributed by atoms with Crippen molar-refractivity contribution in [2.75, 3.05) is 11.9 Å². The third kappa shape index (κ3) is 3.28. The molecule has 2 nitrogen and oxygen atoms in total. The van der Waals surface area contributed by atoms with E-state index in [0.29, 0.717) is 22.2 Å². The van der Waals surface area contributed by atoms with Gasteiger partial charge in [-0.15, -0.1) is 0 Å². The predicted molar refractivity (Wildman–Crippen MR) is 80.4 cm³/mol. The van der Waals surface area contributed by atoms with Crippen LogP contribution in [0.5, 0.6) is 0 Å². The second kappa shape index (κ2) is 6.09. The molecule has 2 rings (SSSR count). The van der Waals surface area contributed by atoms with Crippen LogP contribution in [0.15, 0.2) is 42.5 Å². The summed E-state index contributed by atoms with van der Waals surface area (Å²) in [6.45, 7) is 0.630. The first-order chi connectivity index (χ1) is 9.11. The Labute approximate surface area is 122 Å². The monoisotopic (exact) mass is 293 g/mol. The zero-order chi connectivity index (χ0) is 13.8. The lowest BCUT2D eigenvalue weighted by Crippen LogP contribution is -2.18. The smallest absolute Gasteiger partial charge is 0.152 e. The van der Waals surface area contributed by atoms with Crippen LogP contribution in [0.4, 0.5) is 5.69 Å². The lowest BCUT2D eigenvalue weighted by molar-refractivity contribution is 0.112. The van der Waals surface area contributed by atoms with E-state index in [1.54, 1.807) is 18.2 Å². The fourth-order valence-corrected chi connectivity index (χ4v) is 2.56. The van der Waals surface area contributed by atoms with Crippen LogP contribution in [0, 0.1) is 0 Å². The van der Waals surface area contributed by atoms with Crippen LogP contribution in [0.25, 0.3) is 0 Å². The van der Waals surface area contributed by atoms with E-state index in [9.17, 15) is 4.79 Å². The van der Waals surface area contributed by atoms with Gasteiger partial charge in [-0.25, -0.2) is 0 Å². The number of anilines is 1. The number of nitrogens with zero attached hydrogens (tertiary/aromatic N) is 1. The van der Waals surface area contributed by atoms with Crippen LogP contribution >= 0.6 is 23.2 Å². The highest BCUT2D eigenvalue weighted by Crippen LogP contribution is 2.29. The quantitative estimate of drug-likeness (QED) is 0.777. The van der Waals surface area contributed by atoms with E-state index >= 15 is 0 Å². The highest BCUT2D eigenvalue weighted by Gasteiger charge is 2.11. The number of benzene rings is 2. The molecule has 2 aromatic rings. The molecule has 0 atom stereocenters. The van der Waals surface area contributed by atoms with E-state index in [1.807, 2.05) is 36.2 Å². The molecule has 0 bridgehead atoms. The maximum absolute atomic E-state index is 11.1. The van der Waals surface area contributed by atoms with Crippen molar-refractivity contribution < 1.29 is 4.79 Å². The van der Waals surface area contributed by atoms with Gasteiger partial charge in [0, 0.05) is 24.2 Å². The molecule has 0 amide bonds. The number of hydrogen-bond donors (Lipinski definition) is 0. The maximum atomic E-state index is 11.1. The maximum Gasteiger partial charge on any atom is 0.152 e. The molecular formula is C15H13Cl2NO. The van der Waals surface area contributed by atoms with Gasteiger partial charge >= 0.3 is 0 Å². The van der Waals surface area contributed by atoms with Crippen molar-refractivity contribution in [3.05, 3.63) is 63.6 Å². The van der Waals surface area contributed by atoms with Gasteiger partial charge in [-0.05, 0) is 29.8 Å². The van der Waals surface area contributed by atoms with E-state index in [0.717, 1.165) is 17.5 Å². The number of halogens is 2. The Morgan fingerprint density at radius 1 is 1.16 bits per heavy atom. The number of aldehydes is 1. The number of carbonyl (C=O) groups is 1. The zero-order valence-corrected chi connectivity index (χ0v) is 11.9. The number of rotatable bonds is 4. The first-order valence-electron chi connectivity index (χ1n) is 5.81. The van der Waals surface area contributed by atoms with Crippen LogP contribution < -0.4 is 4.90 Å². The normalized spacial score (nSPS) is 10.3. The summed E-state index contributed by atoms with van der Waals surface area (Å²) >= 11 is 12.1. The number of hydrogen-bond acceptors (Lipinski definition) is 2. The third-order valence-corrected chi connectivity index (χ3v) is 3.38.